The number of hydrogen-bond donors (Lipinski definition) is 1. The Bertz CT molecular complexity index is 535. The largest absolute Gasteiger partial charge is 0.329 e. The van der Waals surface area contributed by atoms with Gasteiger partial charge in [-0.1, -0.05) is 15.9 Å². The molecule has 0 spiro atoms. The molecule has 4 heteroatoms. The molecule has 1 aromatic carbocycles. The van der Waals surface area contributed by atoms with Crippen LogP contribution in [-0.4, -0.2) is 4.98 Å². The van der Waals surface area contributed by atoms with Crippen molar-refractivity contribution in [2.24, 2.45) is 0 Å². The number of nitrogens with one attached hydrogen (secondary N) is 1. The zero-order valence-electron chi connectivity index (χ0n) is 7.18. The van der Waals surface area contributed by atoms with Gasteiger partial charge in [0.2, 0.25) is 0 Å². The number of H-pyrrole nitrogens is 1. The predicted molar refractivity (Wildman–Crippen MR) is 61.8 cm³/mol. The van der Waals surface area contributed by atoms with Crippen molar-refractivity contribution < 1.29 is 0 Å². The van der Waals surface area contributed by atoms with E-state index in [1.165, 1.54) is 0 Å². The van der Waals surface area contributed by atoms with Crippen molar-refractivity contribution in [3.63, 3.8) is 0 Å². The van der Waals surface area contributed by atoms with Crippen molar-refractivity contribution in [2.45, 2.75) is 5.88 Å². The van der Waals surface area contributed by atoms with E-state index in [9.17, 15) is 4.79 Å². The fraction of sp³-hybridized carbons (Fsp3) is 0.100. The summed E-state index contributed by atoms with van der Waals surface area (Å²) in [5, 5.41) is 1.57. The maximum atomic E-state index is 11.5. The zero-order chi connectivity index (χ0) is 10.1. The van der Waals surface area contributed by atoms with Gasteiger partial charge in [0.15, 0.2) is 0 Å². The van der Waals surface area contributed by atoms with Gasteiger partial charge in [0.25, 0.3) is 5.56 Å². The quantitative estimate of drug-likeness (QED) is 0.795. The minimum atomic E-state index is -0.0878. The van der Waals surface area contributed by atoms with Gasteiger partial charge in [-0.3, -0.25) is 4.79 Å². The first-order valence-electron chi connectivity index (χ1n) is 4.08. The summed E-state index contributed by atoms with van der Waals surface area (Å²) in [6.07, 6.45) is 1.63. The lowest BCUT2D eigenvalue weighted by atomic mass is 10.1. The monoisotopic (exact) mass is 271 g/mol. The topological polar surface area (TPSA) is 32.9 Å². The van der Waals surface area contributed by atoms with Crippen molar-refractivity contribution in [1.82, 2.24) is 4.98 Å². The predicted octanol–water partition coefficient (Wildman–Crippen LogP) is 3.03. The maximum Gasteiger partial charge on any atom is 0.255 e. The Morgan fingerprint density at radius 2 is 2.14 bits per heavy atom. The fourth-order valence-electron chi connectivity index (χ4n) is 1.39. The van der Waals surface area contributed by atoms with Crippen LogP contribution in [-0.2, 0) is 5.88 Å². The molecule has 0 bridgehead atoms. The second-order valence-electron chi connectivity index (χ2n) is 2.98. The number of benzene rings is 1. The number of alkyl halides is 1. The number of pyridine rings is 1. The van der Waals surface area contributed by atoms with Crippen LogP contribution in [0, 0.1) is 0 Å². The Labute approximate surface area is 94.0 Å². The first-order valence-corrected chi connectivity index (χ1v) is 5.41. The number of halogens is 2. The highest BCUT2D eigenvalue weighted by molar-refractivity contribution is 9.10. The molecule has 72 valence electrons. The first-order chi connectivity index (χ1) is 6.72. The molecule has 2 aromatic rings. The van der Waals surface area contributed by atoms with E-state index < -0.39 is 0 Å². The minimum absolute atomic E-state index is 0.0878. The third kappa shape index (κ3) is 1.57. The average molecular weight is 273 g/mol. The molecule has 14 heavy (non-hydrogen) atoms. The van der Waals surface area contributed by atoms with Crippen LogP contribution in [0.3, 0.4) is 0 Å². The third-order valence-electron chi connectivity index (χ3n) is 2.05. The van der Waals surface area contributed by atoms with Crippen molar-refractivity contribution >= 4 is 38.3 Å². The highest BCUT2D eigenvalue weighted by Gasteiger charge is 2.03. The molecule has 0 aliphatic heterocycles. The molecule has 2 nitrogen and oxygen atoms in total. The van der Waals surface area contributed by atoms with E-state index in [-0.39, 0.29) is 5.56 Å². The lowest BCUT2D eigenvalue weighted by Gasteiger charge is -2.02. The number of rotatable bonds is 1. The van der Waals surface area contributed by atoms with Gasteiger partial charge in [0, 0.05) is 27.3 Å². The van der Waals surface area contributed by atoms with E-state index in [0.29, 0.717) is 11.3 Å². The van der Waals surface area contributed by atoms with E-state index in [1.807, 2.05) is 18.2 Å². The number of fused-ring (bicyclic) bond motifs is 1. The number of aromatic amines is 1. The summed E-state index contributed by atoms with van der Waals surface area (Å²) in [6, 6.07) is 5.60. The van der Waals surface area contributed by atoms with Crippen molar-refractivity contribution in [3.05, 3.63) is 44.8 Å². The molecule has 1 heterocycles. The van der Waals surface area contributed by atoms with Gasteiger partial charge < -0.3 is 4.98 Å². The maximum absolute atomic E-state index is 11.5. The molecule has 0 atom stereocenters. The van der Waals surface area contributed by atoms with E-state index in [2.05, 4.69) is 20.9 Å². The van der Waals surface area contributed by atoms with Gasteiger partial charge in [0.1, 0.15) is 0 Å². The lowest BCUT2D eigenvalue weighted by molar-refractivity contribution is 1.27. The third-order valence-corrected chi connectivity index (χ3v) is 3.02. The highest BCUT2D eigenvalue weighted by atomic mass is 79.9. The van der Waals surface area contributed by atoms with Gasteiger partial charge >= 0.3 is 0 Å². The molecule has 0 fully saturated rings. The Morgan fingerprint density at radius 3 is 2.86 bits per heavy atom. The summed E-state index contributed by atoms with van der Waals surface area (Å²) in [4.78, 5) is 14.1. The SMILES string of the molecule is O=c1[nH]ccc2c(Br)cc(CCl)cc12. The second-order valence-corrected chi connectivity index (χ2v) is 4.10. The normalized spacial score (nSPS) is 10.7. The molecule has 0 aliphatic carbocycles. The average Bonchev–Trinajstić information content (AvgIpc) is 2.19. The Kier molecular flexibility index (Phi) is 2.61. The van der Waals surface area contributed by atoms with Crippen LogP contribution in [0.15, 0.2) is 33.7 Å². The van der Waals surface area contributed by atoms with Crippen molar-refractivity contribution in [1.29, 1.82) is 0 Å². The van der Waals surface area contributed by atoms with E-state index >= 15 is 0 Å². The summed E-state index contributed by atoms with van der Waals surface area (Å²) >= 11 is 9.13. The van der Waals surface area contributed by atoms with Crippen LogP contribution in [0.25, 0.3) is 10.8 Å². The molecular formula is C10H7BrClNO. The van der Waals surface area contributed by atoms with Gasteiger partial charge in [-0.15, -0.1) is 11.6 Å². The van der Waals surface area contributed by atoms with E-state index in [4.69, 9.17) is 11.6 Å². The molecule has 0 saturated heterocycles. The van der Waals surface area contributed by atoms with Crippen LogP contribution >= 0.6 is 27.5 Å². The van der Waals surface area contributed by atoms with Gasteiger partial charge in [-0.2, -0.15) is 0 Å². The molecule has 1 aromatic heterocycles. The van der Waals surface area contributed by atoms with Crippen LogP contribution in [0.4, 0.5) is 0 Å². The zero-order valence-corrected chi connectivity index (χ0v) is 9.52. The molecule has 1 N–H and O–H groups in total. The summed E-state index contributed by atoms with van der Waals surface area (Å²) in [5.74, 6) is 0.406. The van der Waals surface area contributed by atoms with E-state index in [1.54, 1.807) is 6.20 Å². The Balaban J connectivity index is 2.91. The first kappa shape index (κ1) is 9.74. The van der Waals surface area contributed by atoms with Crippen LogP contribution in [0.5, 0.6) is 0 Å². The Morgan fingerprint density at radius 1 is 1.36 bits per heavy atom. The van der Waals surface area contributed by atoms with Gasteiger partial charge in [-0.05, 0) is 23.8 Å². The standard InChI is InChI=1S/C10H7BrClNO/c11-9-4-6(5-12)3-8-7(9)1-2-13-10(8)14/h1-4H,5H2,(H,13,14). The Hall–Kier alpha value is -0.800. The van der Waals surface area contributed by atoms with Gasteiger partial charge in [0.05, 0.1) is 0 Å². The van der Waals surface area contributed by atoms with E-state index in [0.717, 1.165) is 15.4 Å². The summed E-state index contributed by atoms with van der Waals surface area (Å²) in [5.41, 5.74) is 0.845. The molecule has 0 aliphatic rings. The van der Waals surface area contributed by atoms with Crippen LogP contribution in [0.1, 0.15) is 5.56 Å². The summed E-state index contributed by atoms with van der Waals surface area (Å²) in [6.45, 7) is 0. The van der Waals surface area contributed by atoms with Crippen LogP contribution in [0.2, 0.25) is 0 Å². The number of hydrogen-bond acceptors (Lipinski definition) is 1. The van der Waals surface area contributed by atoms with Gasteiger partial charge in [-0.25, -0.2) is 0 Å². The highest BCUT2D eigenvalue weighted by Crippen LogP contribution is 2.23. The summed E-state index contributed by atoms with van der Waals surface area (Å²) in [7, 11) is 0. The minimum Gasteiger partial charge on any atom is -0.329 e. The summed E-state index contributed by atoms with van der Waals surface area (Å²) < 4.78 is 0.900. The molecule has 0 radical (unpaired) electrons. The second kappa shape index (κ2) is 3.75. The van der Waals surface area contributed by atoms with Crippen molar-refractivity contribution in [3.8, 4) is 0 Å². The smallest absolute Gasteiger partial charge is 0.255 e. The van der Waals surface area contributed by atoms with Crippen molar-refractivity contribution in [2.75, 3.05) is 0 Å². The molecule has 0 amide bonds. The molecule has 2 rings (SSSR count). The lowest BCUT2D eigenvalue weighted by Crippen LogP contribution is -2.04. The van der Waals surface area contributed by atoms with Crippen LogP contribution < -0.4 is 5.56 Å². The molecule has 0 saturated carbocycles. The number of aromatic nitrogens is 1. The molecular weight excluding hydrogens is 265 g/mol. The fourth-order valence-corrected chi connectivity index (χ4v) is 2.18. The molecule has 0 unspecified atom stereocenters.